The maximum Gasteiger partial charge on any atom is 0.404 e. The molecule has 0 aliphatic carbocycles. The smallest absolute Gasteiger partial charge is 0.404 e. The molecule has 172 valence electrons. The molecule has 0 saturated carbocycles. The molecule has 3 rings (SSSR count). The second-order valence-electron chi connectivity index (χ2n) is 7.14. The number of amides is 2. The molecule has 9 heteroatoms. The quantitative estimate of drug-likeness (QED) is 0.443. The molecule has 3 aromatic carbocycles. The number of benzene rings is 3. The summed E-state index contributed by atoms with van der Waals surface area (Å²) in [7, 11) is -2.42. The van der Waals surface area contributed by atoms with Crippen molar-refractivity contribution in [2.24, 2.45) is 0 Å². The van der Waals surface area contributed by atoms with Crippen LogP contribution < -0.4 is 15.4 Å². The SMILES string of the molecule is CNC(=O)c1cc(S(=O)(=O)c2ccc(CCNC(=O)O)cc2)ccc1OCc1ccccc1. The van der Waals surface area contributed by atoms with Gasteiger partial charge in [0.05, 0.1) is 15.4 Å². The Morgan fingerprint density at radius 1 is 0.909 bits per heavy atom. The Hall–Kier alpha value is -3.85. The third-order valence-electron chi connectivity index (χ3n) is 4.89. The lowest BCUT2D eigenvalue weighted by molar-refractivity contribution is 0.0958. The van der Waals surface area contributed by atoms with E-state index in [1.165, 1.54) is 37.4 Å². The van der Waals surface area contributed by atoms with E-state index >= 15 is 0 Å². The number of sulfone groups is 1. The van der Waals surface area contributed by atoms with E-state index in [0.717, 1.165) is 11.1 Å². The van der Waals surface area contributed by atoms with Crippen LogP contribution in [-0.4, -0.2) is 39.1 Å². The molecule has 0 radical (unpaired) electrons. The third kappa shape index (κ3) is 6.11. The van der Waals surface area contributed by atoms with Crippen molar-refractivity contribution in [1.29, 1.82) is 0 Å². The summed E-state index contributed by atoms with van der Waals surface area (Å²) >= 11 is 0. The van der Waals surface area contributed by atoms with Crippen LogP contribution in [0.2, 0.25) is 0 Å². The summed E-state index contributed by atoms with van der Waals surface area (Å²) in [6.45, 7) is 0.455. The molecule has 0 aliphatic rings. The average Bonchev–Trinajstić information content (AvgIpc) is 2.83. The number of hydrogen-bond acceptors (Lipinski definition) is 5. The molecule has 33 heavy (non-hydrogen) atoms. The van der Waals surface area contributed by atoms with Crippen molar-refractivity contribution in [1.82, 2.24) is 10.6 Å². The van der Waals surface area contributed by atoms with Gasteiger partial charge in [-0.05, 0) is 47.9 Å². The van der Waals surface area contributed by atoms with Crippen LogP contribution in [0.3, 0.4) is 0 Å². The lowest BCUT2D eigenvalue weighted by atomic mass is 10.1. The lowest BCUT2D eigenvalue weighted by Gasteiger charge is -2.13. The predicted molar refractivity (Wildman–Crippen MR) is 122 cm³/mol. The highest BCUT2D eigenvalue weighted by atomic mass is 32.2. The van der Waals surface area contributed by atoms with Crippen LogP contribution in [0.5, 0.6) is 5.75 Å². The molecule has 0 bridgehead atoms. The topological polar surface area (TPSA) is 122 Å². The first kappa shape index (κ1) is 23.8. The zero-order chi connectivity index (χ0) is 23.8. The van der Waals surface area contributed by atoms with E-state index in [1.807, 2.05) is 30.3 Å². The largest absolute Gasteiger partial charge is 0.488 e. The summed E-state index contributed by atoms with van der Waals surface area (Å²) in [4.78, 5) is 23.0. The highest BCUT2D eigenvalue weighted by Gasteiger charge is 2.22. The van der Waals surface area contributed by atoms with Crippen molar-refractivity contribution < 1.29 is 27.9 Å². The highest BCUT2D eigenvalue weighted by Crippen LogP contribution is 2.28. The van der Waals surface area contributed by atoms with Gasteiger partial charge in [-0.1, -0.05) is 42.5 Å². The van der Waals surface area contributed by atoms with E-state index in [9.17, 15) is 18.0 Å². The Kier molecular flexibility index (Phi) is 7.68. The molecule has 0 spiro atoms. The van der Waals surface area contributed by atoms with Gasteiger partial charge in [-0.15, -0.1) is 0 Å². The molecule has 0 aromatic heterocycles. The maximum atomic E-state index is 13.1. The number of carboxylic acid groups (broad SMARTS) is 1. The first-order valence-electron chi connectivity index (χ1n) is 10.1. The molecule has 0 saturated heterocycles. The predicted octanol–water partition coefficient (Wildman–Crippen LogP) is 3.27. The van der Waals surface area contributed by atoms with Crippen molar-refractivity contribution in [3.05, 3.63) is 89.5 Å². The standard InChI is InChI=1S/C24H24N2O6S/c1-25-23(27)21-15-20(11-12-22(21)32-16-18-5-3-2-4-6-18)33(30,31)19-9-7-17(8-10-19)13-14-26-24(28)29/h2-12,15,26H,13-14,16H2,1H3,(H,25,27)(H,28,29). The third-order valence-corrected chi connectivity index (χ3v) is 6.66. The first-order chi connectivity index (χ1) is 15.8. The van der Waals surface area contributed by atoms with Gasteiger partial charge in [0, 0.05) is 13.6 Å². The molecule has 0 unspecified atom stereocenters. The first-order valence-corrected chi connectivity index (χ1v) is 11.6. The van der Waals surface area contributed by atoms with Gasteiger partial charge in [0.15, 0.2) is 0 Å². The molecule has 0 heterocycles. The van der Waals surface area contributed by atoms with Crippen molar-refractivity contribution in [2.45, 2.75) is 22.8 Å². The molecule has 3 aromatic rings. The minimum atomic E-state index is -3.88. The van der Waals surface area contributed by atoms with Crippen molar-refractivity contribution in [3.63, 3.8) is 0 Å². The molecule has 0 atom stereocenters. The van der Waals surface area contributed by atoms with E-state index in [0.29, 0.717) is 6.42 Å². The van der Waals surface area contributed by atoms with Crippen LogP contribution in [0, 0.1) is 0 Å². The van der Waals surface area contributed by atoms with Gasteiger partial charge in [-0.3, -0.25) is 4.79 Å². The zero-order valence-corrected chi connectivity index (χ0v) is 18.8. The van der Waals surface area contributed by atoms with Gasteiger partial charge >= 0.3 is 6.09 Å². The summed E-state index contributed by atoms with van der Waals surface area (Å²) in [5, 5.41) is 13.4. The van der Waals surface area contributed by atoms with Crippen LogP contribution in [0.25, 0.3) is 0 Å². The molecule has 2 amide bonds. The lowest BCUT2D eigenvalue weighted by Crippen LogP contribution is -2.23. The van der Waals surface area contributed by atoms with Crippen LogP contribution in [-0.2, 0) is 22.9 Å². The number of carbonyl (C=O) groups excluding carboxylic acids is 1. The molecule has 0 fully saturated rings. The van der Waals surface area contributed by atoms with Crippen molar-refractivity contribution in [3.8, 4) is 5.75 Å². The molecular weight excluding hydrogens is 444 g/mol. The van der Waals surface area contributed by atoms with E-state index in [1.54, 1.807) is 12.1 Å². The van der Waals surface area contributed by atoms with Gasteiger partial charge < -0.3 is 20.5 Å². The van der Waals surface area contributed by atoms with Gasteiger partial charge in [-0.2, -0.15) is 0 Å². The van der Waals surface area contributed by atoms with Gasteiger partial charge in [0.25, 0.3) is 5.91 Å². The van der Waals surface area contributed by atoms with E-state index < -0.39 is 21.8 Å². The number of hydrogen-bond donors (Lipinski definition) is 3. The molecule has 8 nitrogen and oxygen atoms in total. The second kappa shape index (κ2) is 10.6. The zero-order valence-electron chi connectivity index (χ0n) is 17.9. The summed E-state index contributed by atoms with van der Waals surface area (Å²) in [5.74, 6) is -0.185. The number of rotatable bonds is 9. The van der Waals surface area contributed by atoms with E-state index in [4.69, 9.17) is 9.84 Å². The Morgan fingerprint density at radius 2 is 1.58 bits per heavy atom. The average molecular weight is 469 g/mol. The van der Waals surface area contributed by atoms with Gasteiger partial charge in [-0.25, -0.2) is 13.2 Å². The van der Waals surface area contributed by atoms with Crippen LogP contribution in [0.4, 0.5) is 4.79 Å². The molecule has 3 N–H and O–H groups in total. The van der Waals surface area contributed by atoms with Crippen molar-refractivity contribution >= 4 is 21.8 Å². The summed E-state index contributed by atoms with van der Waals surface area (Å²) in [6.07, 6.45) is -0.682. The molecule has 0 aliphatic heterocycles. The number of ether oxygens (including phenoxy) is 1. The van der Waals surface area contributed by atoms with Crippen LogP contribution in [0.1, 0.15) is 21.5 Å². The highest BCUT2D eigenvalue weighted by molar-refractivity contribution is 7.91. The van der Waals surface area contributed by atoms with Crippen molar-refractivity contribution in [2.75, 3.05) is 13.6 Å². The maximum absolute atomic E-state index is 13.1. The van der Waals surface area contributed by atoms with Crippen LogP contribution >= 0.6 is 0 Å². The summed E-state index contributed by atoms with van der Waals surface area (Å²) in [6, 6.07) is 19.8. The van der Waals surface area contributed by atoms with Gasteiger partial charge in [0.1, 0.15) is 12.4 Å². The van der Waals surface area contributed by atoms with Gasteiger partial charge in [0.2, 0.25) is 9.84 Å². The monoisotopic (exact) mass is 468 g/mol. The van der Waals surface area contributed by atoms with Crippen LogP contribution in [0.15, 0.2) is 82.6 Å². The summed E-state index contributed by atoms with van der Waals surface area (Å²) < 4.78 is 32.1. The molecular formula is C24H24N2O6S. The Balaban J connectivity index is 1.83. The minimum Gasteiger partial charge on any atom is -0.488 e. The van der Waals surface area contributed by atoms with E-state index in [2.05, 4.69) is 10.6 Å². The fourth-order valence-corrected chi connectivity index (χ4v) is 4.42. The number of nitrogens with one attached hydrogen (secondary N) is 2. The fraction of sp³-hybridized carbons (Fsp3) is 0.167. The Labute approximate surface area is 192 Å². The Bertz CT molecular complexity index is 1230. The number of carbonyl (C=O) groups is 2. The van der Waals surface area contributed by atoms with E-state index in [-0.39, 0.29) is 34.3 Å². The second-order valence-corrected chi connectivity index (χ2v) is 9.09. The summed E-state index contributed by atoms with van der Waals surface area (Å²) in [5.41, 5.74) is 1.82. The minimum absolute atomic E-state index is 0.0338. The fourth-order valence-electron chi connectivity index (χ4n) is 3.13. The Morgan fingerprint density at radius 3 is 2.21 bits per heavy atom. The normalized spacial score (nSPS) is 10.9.